The first-order valence-corrected chi connectivity index (χ1v) is 9.91. The second-order valence-electron chi connectivity index (χ2n) is 6.70. The number of aliphatic hydroxyl groups is 1. The Labute approximate surface area is 171 Å². The number of halogens is 1. The van der Waals surface area contributed by atoms with E-state index in [0.29, 0.717) is 25.3 Å². The second kappa shape index (κ2) is 7.83. The van der Waals surface area contributed by atoms with E-state index >= 15 is 0 Å². The summed E-state index contributed by atoms with van der Waals surface area (Å²) in [6, 6.07) is 10.4. The minimum Gasteiger partial charge on any atom is -0.396 e. The molecule has 0 aliphatic carbocycles. The molecule has 0 fully saturated rings. The van der Waals surface area contributed by atoms with Crippen LogP contribution in [0.25, 0.3) is 27.7 Å². The largest absolute Gasteiger partial charge is 0.396 e. The zero-order valence-corrected chi connectivity index (χ0v) is 17.1. The lowest BCUT2D eigenvalue weighted by Gasteiger charge is -2.10. The van der Waals surface area contributed by atoms with Crippen LogP contribution in [-0.2, 0) is 13.6 Å². The van der Waals surface area contributed by atoms with Crippen molar-refractivity contribution in [2.24, 2.45) is 7.05 Å². The van der Waals surface area contributed by atoms with Crippen molar-refractivity contribution in [3.63, 3.8) is 0 Å². The van der Waals surface area contributed by atoms with Crippen molar-refractivity contribution in [1.82, 2.24) is 19.9 Å². The number of anilines is 1. The Hall–Kier alpha value is -2.55. The molecule has 0 unspecified atom stereocenters. The van der Waals surface area contributed by atoms with Crippen LogP contribution in [0.3, 0.4) is 0 Å². The van der Waals surface area contributed by atoms with Crippen LogP contribution < -0.4 is 15.6 Å². The predicted octanol–water partition coefficient (Wildman–Crippen LogP) is 2.19. The quantitative estimate of drug-likeness (QED) is 0.315. The fourth-order valence-corrected chi connectivity index (χ4v) is 3.73. The van der Waals surface area contributed by atoms with Crippen LogP contribution in [0.5, 0.6) is 0 Å². The van der Waals surface area contributed by atoms with Crippen LogP contribution in [0.4, 0.5) is 5.82 Å². The van der Waals surface area contributed by atoms with Crippen molar-refractivity contribution in [3.05, 3.63) is 52.9 Å². The number of para-hydroxylation sites is 1. The van der Waals surface area contributed by atoms with Crippen LogP contribution in [0.15, 0.2) is 47.2 Å². The first kappa shape index (κ1) is 18.8. The molecule has 0 bridgehead atoms. The van der Waals surface area contributed by atoms with Gasteiger partial charge in [-0.2, -0.15) is 9.61 Å². The van der Waals surface area contributed by atoms with Gasteiger partial charge in [-0.05, 0) is 41.0 Å². The Morgan fingerprint density at radius 2 is 2.14 bits per heavy atom. The zero-order valence-electron chi connectivity index (χ0n) is 15.6. The van der Waals surface area contributed by atoms with E-state index in [9.17, 15) is 0 Å². The molecule has 0 aliphatic rings. The monoisotopic (exact) mass is 441 g/mol. The van der Waals surface area contributed by atoms with E-state index in [1.54, 1.807) is 10.7 Å². The maximum absolute atomic E-state index is 8.94. The summed E-state index contributed by atoms with van der Waals surface area (Å²) >= 11 is 3.54. The van der Waals surface area contributed by atoms with E-state index in [1.165, 1.54) is 0 Å². The van der Waals surface area contributed by atoms with Gasteiger partial charge in [-0.3, -0.25) is 0 Å². The van der Waals surface area contributed by atoms with Crippen molar-refractivity contribution in [3.8, 4) is 11.1 Å². The Bertz CT molecular complexity index is 1160. The molecular weight excluding hydrogens is 420 g/mol. The summed E-state index contributed by atoms with van der Waals surface area (Å²) in [6.45, 7) is 1.42. The van der Waals surface area contributed by atoms with Crippen LogP contribution >= 0.6 is 15.9 Å². The Balaban J connectivity index is 1.81. The summed E-state index contributed by atoms with van der Waals surface area (Å²) in [7, 11) is 2.03. The van der Waals surface area contributed by atoms with Crippen molar-refractivity contribution in [2.75, 3.05) is 18.9 Å². The van der Waals surface area contributed by atoms with Gasteiger partial charge in [-0.15, -0.1) is 0 Å². The summed E-state index contributed by atoms with van der Waals surface area (Å²) in [5.41, 5.74) is 11.0. The number of fused-ring (bicyclic) bond motifs is 2. The molecule has 144 valence electrons. The lowest BCUT2D eigenvalue weighted by molar-refractivity contribution is -0.644. The number of hydrogen-bond donors (Lipinski definition) is 3. The minimum atomic E-state index is 0.161. The maximum Gasteiger partial charge on any atom is 0.212 e. The summed E-state index contributed by atoms with van der Waals surface area (Å²) in [6.07, 6.45) is 4.58. The second-order valence-corrected chi connectivity index (χ2v) is 7.50. The smallest absolute Gasteiger partial charge is 0.212 e. The van der Waals surface area contributed by atoms with Crippen LogP contribution in [0.2, 0.25) is 0 Å². The van der Waals surface area contributed by atoms with Gasteiger partial charge in [0.2, 0.25) is 5.52 Å². The molecule has 4 aromatic rings. The fourth-order valence-electron chi connectivity index (χ4n) is 3.34. The number of nitrogen functional groups attached to an aromatic ring is 1. The van der Waals surface area contributed by atoms with Gasteiger partial charge >= 0.3 is 0 Å². The van der Waals surface area contributed by atoms with Crippen LogP contribution in [0.1, 0.15) is 12.1 Å². The average Bonchev–Trinajstić information content (AvgIpc) is 3.13. The van der Waals surface area contributed by atoms with Gasteiger partial charge in [0.25, 0.3) is 0 Å². The highest BCUT2D eigenvalue weighted by molar-refractivity contribution is 9.10. The van der Waals surface area contributed by atoms with Crippen molar-refractivity contribution in [1.29, 1.82) is 0 Å². The first-order chi connectivity index (χ1) is 13.6. The predicted molar refractivity (Wildman–Crippen MR) is 113 cm³/mol. The number of nitrogens with two attached hydrogens (primary N) is 1. The summed E-state index contributed by atoms with van der Waals surface area (Å²) in [5.74, 6) is 0.514. The molecule has 28 heavy (non-hydrogen) atoms. The highest BCUT2D eigenvalue weighted by atomic mass is 79.9. The van der Waals surface area contributed by atoms with Gasteiger partial charge in [0, 0.05) is 24.6 Å². The topological polar surface area (TPSA) is 92.4 Å². The molecule has 3 aromatic heterocycles. The Morgan fingerprint density at radius 3 is 2.96 bits per heavy atom. The number of benzene rings is 1. The third kappa shape index (κ3) is 3.34. The standard InChI is InChI=1S/C20H22BrN6O/c1-26-12-14(9-13-5-2-3-6-17(13)26)15-10-24-27-19(22)18(21)16(25-20(15)27)11-23-7-4-8-28/h2-3,5-6,9-10,12,23,28H,4,7-8,11,22H2,1H3/q+1. The van der Waals surface area contributed by atoms with Crippen molar-refractivity contribution >= 4 is 38.3 Å². The molecule has 0 radical (unpaired) electrons. The van der Waals surface area contributed by atoms with Gasteiger partial charge < -0.3 is 16.2 Å². The Morgan fingerprint density at radius 1 is 1.32 bits per heavy atom. The molecule has 7 nitrogen and oxygen atoms in total. The number of rotatable bonds is 6. The van der Waals surface area contributed by atoms with Gasteiger partial charge in [0.05, 0.1) is 27.5 Å². The average molecular weight is 442 g/mol. The van der Waals surface area contributed by atoms with Crippen LogP contribution in [0, 0.1) is 0 Å². The van der Waals surface area contributed by atoms with Crippen molar-refractivity contribution < 1.29 is 9.67 Å². The van der Waals surface area contributed by atoms with Gasteiger partial charge in [-0.25, -0.2) is 9.55 Å². The summed E-state index contributed by atoms with van der Waals surface area (Å²) < 4.78 is 4.50. The lowest BCUT2D eigenvalue weighted by Crippen LogP contribution is -2.28. The number of hydrogen-bond acceptors (Lipinski definition) is 5. The third-order valence-corrected chi connectivity index (χ3v) is 5.63. The molecule has 0 atom stereocenters. The van der Waals surface area contributed by atoms with Crippen LogP contribution in [-0.4, -0.2) is 32.9 Å². The molecule has 4 N–H and O–H groups in total. The molecule has 0 amide bonds. The molecule has 0 saturated carbocycles. The number of aryl methyl sites for hydroxylation is 1. The van der Waals surface area contributed by atoms with E-state index in [1.807, 2.05) is 19.2 Å². The summed E-state index contributed by atoms with van der Waals surface area (Å²) in [5, 5.41) is 17.8. The third-order valence-electron chi connectivity index (χ3n) is 4.77. The number of aromatic nitrogens is 4. The number of nitrogens with one attached hydrogen (secondary N) is 1. The van der Waals surface area contributed by atoms with E-state index in [2.05, 4.69) is 55.3 Å². The SMILES string of the molecule is C[n+]1cc(-c2cnn3c(N)c(Br)c(CNCCCO)nc23)cc2ccccc21. The molecule has 8 heteroatoms. The van der Waals surface area contributed by atoms with Gasteiger partial charge in [0.1, 0.15) is 12.9 Å². The van der Waals surface area contributed by atoms with Gasteiger partial charge in [0.15, 0.2) is 11.8 Å². The zero-order chi connectivity index (χ0) is 19.7. The van der Waals surface area contributed by atoms with E-state index in [4.69, 9.17) is 15.8 Å². The maximum atomic E-state index is 8.94. The molecular formula is C20H22BrN6O+. The molecule has 1 aromatic carbocycles. The summed E-state index contributed by atoms with van der Waals surface area (Å²) in [4.78, 5) is 4.82. The highest BCUT2D eigenvalue weighted by Crippen LogP contribution is 2.30. The van der Waals surface area contributed by atoms with E-state index in [-0.39, 0.29) is 6.61 Å². The fraction of sp³-hybridized carbons (Fsp3) is 0.250. The highest BCUT2D eigenvalue weighted by Gasteiger charge is 2.18. The molecule has 4 rings (SSSR count). The number of pyridine rings is 1. The van der Waals surface area contributed by atoms with Crippen molar-refractivity contribution in [2.45, 2.75) is 13.0 Å². The van der Waals surface area contributed by atoms with Gasteiger partial charge in [-0.1, -0.05) is 12.1 Å². The molecule has 0 aliphatic heterocycles. The van der Waals surface area contributed by atoms with E-state index < -0.39 is 0 Å². The first-order valence-electron chi connectivity index (χ1n) is 9.12. The normalized spacial score (nSPS) is 11.5. The number of nitrogens with zero attached hydrogens (tertiary/aromatic N) is 4. The van der Waals surface area contributed by atoms with E-state index in [0.717, 1.165) is 37.8 Å². The minimum absolute atomic E-state index is 0.161. The number of aliphatic hydroxyl groups excluding tert-OH is 1. The molecule has 0 spiro atoms. The Kier molecular flexibility index (Phi) is 5.25. The molecule has 0 saturated heterocycles. The lowest BCUT2D eigenvalue weighted by atomic mass is 10.1. The molecule has 3 heterocycles.